The lowest BCUT2D eigenvalue weighted by atomic mass is 10.3. The molecule has 4 nitrogen and oxygen atoms in total. The van der Waals surface area contributed by atoms with E-state index in [9.17, 15) is 4.79 Å². The summed E-state index contributed by atoms with van der Waals surface area (Å²) in [6.45, 7) is 0. The van der Waals surface area contributed by atoms with E-state index in [1.54, 1.807) is 18.2 Å². The molecule has 16 heavy (non-hydrogen) atoms. The van der Waals surface area contributed by atoms with E-state index in [0.29, 0.717) is 15.7 Å². The maximum atomic E-state index is 11.6. The van der Waals surface area contributed by atoms with Crippen LogP contribution in [-0.4, -0.2) is 15.8 Å². The first-order valence-electron chi connectivity index (χ1n) is 4.35. The lowest BCUT2D eigenvalue weighted by Crippen LogP contribution is -2.19. The van der Waals surface area contributed by atoms with Crippen LogP contribution in [-0.2, 0) is 0 Å². The summed E-state index contributed by atoms with van der Waals surface area (Å²) in [5.74, 6) is 0. The van der Waals surface area contributed by atoms with Gasteiger partial charge in [-0.1, -0.05) is 29.3 Å². The maximum Gasteiger partial charge on any atom is 0.346 e. The van der Waals surface area contributed by atoms with Crippen molar-refractivity contribution in [3.05, 3.63) is 46.7 Å². The van der Waals surface area contributed by atoms with Crippen molar-refractivity contribution in [3.63, 3.8) is 0 Å². The van der Waals surface area contributed by atoms with Gasteiger partial charge >= 0.3 is 6.03 Å². The number of hydrogen-bond donors (Lipinski definition) is 1. The van der Waals surface area contributed by atoms with Crippen LogP contribution in [0.1, 0.15) is 0 Å². The number of nitrogens with zero attached hydrogens (tertiary/aromatic N) is 2. The number of rotatable bonds is 1. The Morgan fingerprint density at radius 3 is 2.94 bits per heavy atom. The average Bonchev–Trinajstić information content (AvgIpc) is 2.78. The highest BCUT2D eigenvalue weighted by atomic mass is 35.5. The zero-order chi connectivity index (χ0) is 11.5. The molecule has 1 amide bonds. The Labute approximate surface area is 102 Å². The lowest BCUT2D eigenvalue weighted by molar-refractivity contribution is 0.251. The minimum absolute atomic E-state index is 0.300. The van der Waals surface area contributed by atoms with Crippen LogP contribution >= 0.6 is 23.2 Å². The smallest absolute Gasteiger partial charge is 0.305 e. The van der Waals surface area contributed by atoms with E-state index in [4.69, 9.17) is 23.2 Å². The molecule has 0 bridgehead atoms. The Bertz CT molecular complexity index is 511. The summed E-state index contributed by atoms with van der Waals surface area (Å²) in [6, 6.07) is 6.09. The van der Waals surface area contributed by atoms with Crippen molar-refractivity contribution in [2.24, 2.45) is 0 Å². The zero-order valence-electron chi connectivity index (χ0n) is 7.95. The second-order valence-corrected chi connectivity index (χ2v) is 3.71. The summed E-state index contributed by atoms with van der Waals surface area (Å²) in [5, 5.41) is 6.93. The third-order valence-corrected chi connectivity index (χ3v) is 2.68. The molecule has 0 spiro atoms. The van der Waals surface area contributed by atoms with Gasteiger partial charge in [0.05, 0.1) is 15.7 Å². The molecule has 6 heteroatoms. The largest absolute Gasteiger partial charge is 0.346 e. The van der Waals surface area contributed by atoms with Gasteiger partial charge in [-0.25, -0.2) is 4.79 Å². The quantitative estimate of drug-likeness (QED) is 0.851. The van der Waals surface area contributed by atoms with E-state index >= 15 is 0 Å². The molecule has 0 unspecified atom stereocenters. The van der Waals surface area contributed by atoms with Crippen LogP contribution in [0, 0.1) is 6.20 Å². The summed E-state index contributed by atoms with van der Waals surface area (Å²) in [6.07, 6.45) is 4.00. The van der Waals surface area contributed by atoms with Crippen LogP contribution in [0.5, 0.6) is 0 Å². The van der Waals surface area contributed by atoms with Gasteiger partial charge in [0.2, 0.25) is 0 Å². The van der Waals surface area contributed by atoms with Crippen LogP contribution in [0.15, 0.2) is 30.5 Å². The first-order valence-corrected chi connectivity index (χ1v) is 5.11. The lowest BCUT2D eigenvalue weighted by Gasteiger charge is -2.07. The van der Waals surface area contributed by atoms with E-state index in [1.807, 2.05) is 0 Å². The molecule has 1 radical (unpaired) electrons. The number of aromatic nitrogens is 2. The van der Waals surface area contributed by atoms with Crippen molar-refractivity contribution in [1.82, 2.24) is 9.78 Å². The molecule has 1 N–H and O–H groups in total. The number of benzene rings is 1. The number of carbonyl (C=O) groups excluding carboxylic acids is 1. The number of carbonyl (C=O) groups is 1. The highest BCUT2D eigenvalue weighted by Crippen LogP contribution is 2.29. The van der Waals surface area contributed by atoms with Crippen molar-refractivity contribution in [1.29, 1.82) is 0 Å². The molecule has 0 atom stereocenters. The third-order valence-electron chi connectivity index (χ3n) is 1.86. The van der Waals surface area contributed by atoms with Crippen LogP contribution in [0.25, 0.3) is 0 Å². The molecule has 0 aliphatic heterocycles. The molecular weight excluding hydrogens is 249 g/mol. The molecule has 81 valence electrons. The van der Waals surface area contributed by atoms with Gasteiger partial charge in [0, 0.05) is 6.20 Å². The SMILES string of the molecule is O=C(Nc1cccc(Cl)c1Cl)n1cc[c]n1. The fourth-order valence-corrected chi connectivity index (χ4v) is 1.47. The summed E-state index contributed by atoms with van der Waals surface area (Å²) >= 11 is 11.7. The molecule has 1 aromatic carbocycles. The van der Waals surface area contributed by atoms with Gasteiger partial charge in [0.15, 0.2) is 0 Å². The van der Waals surface area contributed by atoms with Gasteiger partial charge in [0.1, 0.15) is 6.20 Å². The fraction of sp³-hybridized carbons (Fsp3) is 0. The van der Waals surface area contributed by atoms with Crippen LogP contribution < -0.4 is 5.32 Å². The predicted octanol–water partition coefficient (Wildman–Crippen LogP) is 3.07. The van der Waals surface area contributed by atoms with Gasteiger partial charge < -0.3 is 5.32 Å². The topological polar surface area (TPSA) is 46.9 Å². The van der Waals surface area contributed by atoms with Crippen molar-refractivity contribution < 1.29 is 4.79 Å². The monoisotopic (exact) mass is 254 g/mol. The normalized spacial score (nSPS) is 10.1. The molecule has 0 saturated heterocycles. The predicted molar refractivity (Wildman–Crippen MR) is 61.9 cm³/mol. The van der Waals surface area contributed by atoms with Crippen LogP contribution in [0.2, 0.25) is 10.0 Å². The van der Waals surface area contributed by atoms with E-state index in [2.05, 4.69) is 16.6 Å². The second-order valence-electron chi connectivity index (χ2n) is 2.92. The van der Waals surface area contributed by atoms with Gasteiger partial charge in [-0.2, -0.15) is 9.78 Å². The minimum Gasteiger partial charge on any atom is -0.305 e. The maximum absolute atomic E-state index is 11.6. The first-order chi connectivity index (χ1) is 7.68. The van der Waals surface area contributed by atoms with E-state index < -0.39 is 6.03 Å². The number of halogens is 2. The average molecular weight is 255 g/mol. The Morgan fingerprint density at radius 1 is 1.44 bits per heavy atom. The van der Waals surface area contributed by atoms with Crippen molar-refractivity contribution in [3.8, 4) is 0 Å². The molecule has 0 aliphatic carbocycles. The fourth-order valence-electron chi connectivity index (χ4n) is 1.12. The Balaban J connectivity index is 2.22. The molecule has 2 rings (SSSR count). The molecule has 1 heterocycles. The summed E-state index contributed by atoms with van der Waals surface area (Å²) in [4.78, 5) is 11.6. The first kappa shape index (κ1) is 11.0. The number of hydrogen-bond acceptors (Lipinski definition) is 2. The van der Waals surface area contributed by atoms with Gasteiger partial charge in [0.25, 0.3) is 0 Å². The number of amides is 1. The summed E-state index contributed by atoms with van der Waals surface area (Å²) < 4.78 is 1.11. The van der Waals surface area contributed by atoms with Crippen molar-refractivity contribution >= 4 is 34.9 Å². The van der Waals surface area contributed by atoms with Gasteiger partial charge in [-0.05, 0) is 18.2 Å². The van der Waals surface area contributed by atoms with Gasteiger partial charge in [-0.3, -0.25) is 0 Å². The highest BCUT2D eigenvalue weighted by Gasteiger charge is 2.09. The van der Waals surface area contributed by atoms with E-state index in [-0.39, 0.29) is 0 Å². The van der Waals surface area contributed by atoms with Gasteiger partial charge in [-0.15, -0.1) is 0 Å². The molecule has 0 aliphatic rings. The van der Waals surface area contributed by atoms with Crippen molar-refractivity contribution in [2.75, 3.05) is 5.32 Å². The second kappa shape index (κ2) is 4.55. The minimum atomic E-state index is -0.426. The summed E-state index contributed by atoms with van der Waals surface area (Å²) in [5.41, 5.74) is 0.440. The Hall–Kier alpha value is -1.52. The van der Waals surface area contributed by atoms with E-state index in [0.717, 1.165) is 4.68 Å². The molecular formula is C10H6Cl2N3O. The van der Waals surface area contributed by atoms with Crippen molar-refractivity contribution in [2.45, 2.75) is 0 Å². The highest BCUT2D eigenvalue weighted by molar-refractivity contribution is 6.43. The summed E-state index contributed by atoms with van der Waals surface area (Å²) in [7, 11) is 0. The Morgan fingerprint density at radius 2 is 2.25 bits per heavy atom. The number of anilines is 1. The van der Waals surface area contributed by atoms with E-state index in [1.165, 1.54) is 12.3 Å². The molecule has 0 fully saturated rings. The number of nitrogens with one attached hydrogen (secondary N) is 1. The Kier molecular flexibility index (Phi) is 3.12. The molecule has 2 aromatic rings. The third kappa shape index (κ3) is 2.18. The molecule has 1 aromatic heterocycles. The standard InChI is InChI=1S/C10H6Cl2N3O/c11-7-3-1-4-8(9(7)12)14-10(16)15-6-2-5-13-15/h1-4,6H,(H,14,16). The zero-order valence-corrected chi connectivity index (χ0v) is 9.46. The molecule has 0 saturated carbocycles. The van der Waals surface area contributed by atoms with Crippen LogP contribution in [0.3, 0.4) is 0 Å². The van der Waals surface area contributed by atoms with Crippen LogP contribution in [0.4, 0.5) is 10.5 Å².